The standard InChI is InChI=1S/C9H21NO3.C3H8.H2/c1-9(2)13-8-7-12-6-5-11-4-3-10;1-3-2;/h9H,3-8,10H2,1-2H3;3H2,1-2H3;1H. The van der Waals surface area contributed by atoms with Crippen molar-refractivity contribution in [3.63, 3.8) is 0 Å². The molecule has 2 N–H and O–H groups in total. The summed E-state index contributed by atoms with van der Waals surface area (Å²) in [5, 5.41) is 0. The van der Waals surface area contributed by atoms with E-state index in [2.05, 4.69) is 13.8 Å². The molecule has 0 bridgehead atoms. The normalized spacial score (nSPS) is 10.1. The number of ether oxygens (including phenoxy) is 3. The molecular weight excluding hydrogens is 206 g/mol. The summed E-state index contributed by atoms with van der Waals surface area (Å²) in [7, 11) is 0. The molecule has 0 aliphatic heterocycles. The lowest BCUT2D eigenvalue weighted by atomic mass is 10.5. The fourth-order valence-corrected chi connectivity index (χ4v) is 0.748. The van der Waals surface area contributed by atoms with E-state index in [0.29, 0.717) is 39.6 Å². The molecule has 4 heteroatoms. The highest BCUT2D eigenvalue weighted by Gasteiger charge is 1.93. The van der Waals surface area contributed by atoms with Gasteiger partial charge >= 0.3 is 0 Å². The van der Waals surface area contributed by atoms with Crippen molar-refractivity contribution in [2.24, 2.45) is 5.73 Å². The van der Waals surface area contributed by atoms with Crippen LogP contribution in [0.1, 0.15) is 35.5 Å². The zero-order chi connectivity index (χ0) is 12.6. The first-order valence-corrected chi connectivity index (χ1v) is 6.16. The van der Waals surface area contributed by atoms with Gasteiger partial charge in [-0.3, -0.25) is 0 Å². The summed E-state index contributed by atoms with van der Waals surface area (Å²) in [5.41, 5.74) is 5.24. The van der Waals surface area contributed by atoms with Crippen molar-refractivity contribution in [2.45, 2.75) is 40.2 Å². The van der Waals surface area contributed by atoms with E-state index in [4.69, 9.17) is 19.9 Å². The number of hydrogen-bond acceptors (Lipinski definition) is 4. The fraction of sp³-hybridized carbons (Fsp3) is 1.00. The lowest BCUT2D eigenvalue weighted by Gasteiger charge is -2.08. The summed E-state index contributed by atoms with van der Waals surface area (Å²) in [6, 6.07) is 0. The third-order valence-electron chi connectivity index (χ3n) is 1.31. The van der Waals surface area contributed by atoms with Crippen LogP contribution in [0.25, 0.3) is 0 Å². The molecule has 0 aromatic heterocycles. The van der Waals surface area contributed by atoms with Crippen LogP contribution in [0.15, 0.2) is 0 Å². The molecule has 0 atom stereocenters. The van der Waals surface area contributed by atoms with Crippen LogP contribution in [0.5, 0.6) is 0 Å². The third kappa shape index (κ3) is 23.6. The van der Waals surface area contributed by atoms with Crippen molar-refractivity contribution in [3.8, 4) is 0 Å². The Balaban J connectivity index is -0.000000440. The smallest absolute Gasteiger partial charge is 0.0703 e. The van der Waals surface area contributed by atoms with Gasteiger partial charge in [0.1, 0.15) is 0 Å². The minimum atomic E-state index is 0. The third-order valence-corrected chi connectivity index (χ3v) is 1.31. The van der Waals surface area contributed by atoms with E-state index >= 15 is 0 Å². The van der Waals surface area contributed by atoms with E-state index < -0.39 is 0 Å². The fourth-order valence-electron chi connectivity index (χ4n) is 0.748. The monoisotopic (exact) mass is 237 g/mol. The maximum Gasteiger partial charge on any atom is 0.0703 e. The van der Waals surface area contributed by atoms with E-state index in [9.17, 15) is 0 Å². The summed E-state index contributed by atoms with van der Waals surface area (Å²) in [6.07, 6.45) is 1.53. The molecule has 0 aliphatic rings. The van der Waals surface area contributed by atoms with Gasteiger partial charge in [-0.25, -0.2) is 0 Å². The molecule has 0 fully saturated rings. The topological polar surface area (TPSA) is 53.7 Å². The minimum Gasteiger partial charge on any atom is -0.378 e. The van der Waals surface area contributed by atoms with Crippen molar-refractivity contribution in [1.29, 1.82) is 0 Å². The SMILES string of the molecule is CC(C)OCCOCCOCCN.CCC.[HH]. The summed E-state index contributed by atoms with van der Waals surface area (Å²) in [4.78, 5) is 0. The average Bonchev–Trinajstić information content (AvgIpc) is 2.23. The van der Waals surface area contributed by atoms with Crippen molar-refractivity contribution < 1.29 is 15.6 Å². The van der Waals surface area contributed by atoms with Crippen LogP contribution in [0.3, 0.4) is 0 Å². The lowest BCUT2D eigenvalue weighted by molar-refractivity contribution is -0.000502. The van der Waals surface area contributed by atoms with Gasteiger partial charge in [-0.1, -0.05) is 20.3 Å². The van der Waals surface area contributed by atoms with Crippen LogP contribution < -0.4 is 5.73 Å². The molecule has 102 valence electrons. The van der Waals surface area contributed by atoms with Gasteiger partial charge < -0.3 is 19.9 Å². The van der Waals surface area contributed by atoms with E-state index in [1.807, 2.05) is 13.8 Å². The molecule has 16 heavy (non-hydrogen) atoms. The molecule has 0 aliphatic carbocycles. The predicted molar refractivity (Wildman–Crippen MR) is 69.9 cm³/mol. The van der Waals surface area contributed by atoms with Gasteiger partial charge in [-0.15, -0.1) is 0 Å². The highest BCUT2D eigenvalue weighted by molar-refractivity contribution is 4.37. The second-order valence-electron chi connectivity index (χ2n) is 3.64. The van der Waals surface area contributed by atoms with Crippen molar-refractivity contribution in [2.75, 3.05) is 39.6 Å². The largest absolute Gasteiger partial charge is 0.378 e. The minimum absolute atomic E-state index is 0. The zero-order valence-electron chi connectivity index (χ0n) is 11.3. The second-order valence-corrected chi connectivity index (χ2v) is 3.64. The zero-order valence-corrected chi connectivity index (χ0v) is 11.3. The van der Waals surface area contributed by atoms with Gasteiger partial charge in [0.15, 0.2) is 0 Å². The summed E-state index contributed by atoms with van der Waals surface area (Å²) in [6.45, 7) is 11.9. The molecule has 0 unspecified atom stereocenters. The van der Waals surface area contributed by atoms with Crippen LogP contribution >= 0.6 is 0 Å². The van der Waals surface area contributed by atoms with E-state index in [1.54, 1.807) is 0 Å². The Morgan fingerprint density at radius 3 is 1.81 bits per heavy atom. The molecule has 0 heterocycles. The predicted octanol–water partition coefficient (Wildman–Crippen LogP) is 2.07. The van der Waals surface area contributed by atoms with Crippen LogP contribution in [0.4, 0.5) is 0 Å². The first-order valence-electron chi connectivity index (χ1n) is 6.16. The molecule has 4 nitrogen and oxygen atoms in total. The first-order chi connectivity index (χ1) is 7.68. The van der Waals surface area contributed by atoms with Gasteiger partial charge in [0.25, 0.3) is 0 Å². The molecule has 0 aromatic carbocycles. The highest BCUT2D eigenvalue weighted by atomic mass is 16.5. The van der Waals surface area contributed by atoms with Gasteiger partial charge in [0.2, 0.25) is 0 Å². The highest BCUT2D eigenvalue weighted by Crippen LogP contribution is 1.87. The first kappa shape index (κ1) is 18.2. The molecule has 0 rings (SSSR count). The Labute approximate surface area is 102 Å². The lowest BCUT2D eigenvalue weighted by Crippen LogP contribution is -2.14. The van der Waals surface area contributed by atoms with Gasteiger partial charge in [-0.2, -0.15) is 0 Å². The number of nitrogens with two attached hydrogens (primary N) is 1. The molecule has 0 saturated carbocycles. The van der Waals surface area contributed by atoms with E-state index in [1.165, 1.54) is 6.42 Å². The maximum absolute atomic E-state index is 5.28. The molecular formula is C12H31NO3. The number of rotatable bonds is 9. The Kier molecular flexibility index (Phi) is 19.6. The van der Waals surface area contributed by atoms with Crippen molar-refractivity contribution in [1.82, 2.24) is 0 Å². The Morgan fingerprint density at radius 2 is 1.38 bits per heavy atom. The Bertz CT molecular complexity index is 116. The molecule has 0 amide bonds. The summed E-state index contributed by atoms with van der Waals surface area (Å²) in [5.74, 6) is 0. The second kappa shape index (κ2) is 17.2. The molecule has 0 aromatic rings. The van der Waals surface area contributed by atoms with Gasteiger partial charge in [-0.05, 0) is 13.8 Å². The quantitative estimate of drug-likeness (QED) is 0.624. The summed E-state index contributed by atoms with van der Waals surface area (Å²) >= 11 is 0. The Hall–Kier alpha value is -0.160. The molecule has 0 saturated heterocycles. The van der Waals surface area contributed by atoms with Crippen LogP contribution in [-0.2, 0) is 14.2 Å². The summed E-state index contributed by atoms with van der Waals surface area (Å²) < 4.78 is 15.6. The Morgan fingerprint density at radius 1 is 0.938 bits per heavy atom. The van der Waals surface area contributed by atoms with Crippen LogP contribution in [0, 0.1) is 0 Å². The molecule has 0 spiro atoms. The number of hydrogen-bond donors (Lipinski definition) is 1. The van der Waals surface area contributed by atoms with Gasteiger partial charge in [0, 0.05) is 7.97 Å². The van der Waals surface area contributed by atoms with E-state index in [-0.39, 0.29) is 7.53 Å². The van der Waals surface area contributed by atoms with Crippen molar-refractivity contribution >= 4 is 0 Å². The molecule has 0 radical (unpaired) electrons. The van der Waals surface area contributed by atoms with E-state index in [0.717, 1.165) is 0 Å². The maximum atomic E-state index is 5.28. The van der Waals surface area contributed by atoms with Crippen LogP contribution in [0.2, 0.25) is 0 Å². The average molecular weight is 237 g/mol. The van der Waals surface area contributed by atoms with Crippen molar-refractivity contribution in [3.05, 3.63) is 0 Å². The van der Waals surface area contributed by atoms with Gasteiger partial charge in [0.05, 0.1) is 39.1 Å². The van der Waals surface area contributed by atoms with Crippen LogP contribution in [-0.4, -0.2) is 45.7 Å².